The Balaban J connectivity index is 1.65. The molecule has 3 rings (SSSR count). The van der Waals surface area contributed by atoms with Crippen molar-refractivity contribution in [2.75, 3.05) is 29.0 Å². The van der Waals surface area contributed by atoms with Gasteiger partial charge in [-0.2, -0.15) is 0 Å². The van der Waals surface area contributed by atoms with Crippen LogP contribution in [0.25, 0.3) is 0 Å². The second-order valence-electron chi connectivity index (χ2n) is 5.69. The molecule has 2 heterocycles. The molecule has 0 atom stereocenters. The quantitative estimate of drug-likeness (QED) is 0.785. The van der Waals surface area contributed by atoms with Crippen LogP contribution in [0.4, 0.5) is 17.2 Å². The van der Waals surface area contributed by atoms with Crippen molar-refractivity contribution < 1.29 is 17.9 Å². The van der Waals surface area contributed by atoms with E-state index < -0.39 is 10.0 Å². The number of ether oxygens (including phenoxy) is 2. The van der Waals surface area contributed by atoms with E-state index in [4.69, 9.17) is 9.47 Å². The molecule has 8 heteroatoms. The van der Waals surface area contributed by atoms with Crippen molar-refractivity contribution in [2.24, 2.45) is 0 Å². The Morgan fingerprint density at radius 3 is 2.56 bits per heavy atom. The maximum atomic E-state index is 11.9. The molecule has 0 spiro atoms. The van der Waals surface area contributed by atoms with Crippen LogP contribution in [0.1, 0.15) is 19.8 Å². The highest BCUT2D eigenvalue weighted by atomic mass is 32.2. The van der Waals surface area contributed by atoms with Crippen LogP contribution in [0.3, 0.4) is 0 Å². The van der Waals surface area contributed by atoms with Crippen LogP contribution in [0.15, 0.2) is 36.5 Å². The van der Waals surface area contributed by atoms with Gasteiger partial charge in [0.25, 0.3) is 0 Å². The smallest absolute Gasteiger partial charge is 0.232 e. The minimum absolute atomic E-state index is 0.112. The molecule has 0 unspecified atom stereocenters. The van der Waals surface area contributed by atoms with Crippen molar-refractivity contribution in [3.8, 4) is 11.5 Å². The fourth-order valence-electron chi connectivity index (χ4n) is 2.36. The molecule has 0 saturated carbocycles. The monoisotopic (exact) mass is 363 g/mol. The number of anilines is 3. The van der Waals surface area contributed by atoms with Crippen LogP contribution < -0.4 is 19.5 Å². The molecule has 25 heavy (non-hydrogen) atoms. The van der Waals surface area contributed by atoms with Crippen molar-refractivity contribution in [1.82, 2.24) is 4.98 Å². The lowest BCUT2D eigenvalue weighted by atomic mass is 10.2. The Hall–Kier alpha value is -2.48. The van der Waals surface area contributed by atoms with Gasteiger partial charge in [-0.25, -0.2) is 13.4 Å². The van der Waals surface area contributed by atoms with Crippen molar-refractivity contribution in [2.45, 2.75) is 19.8 Å². The second-order valence-corrected chi connectivity index (χ2v) is 7.53. The number of aromatic nitrogens is 1. The molecule has 0 bridgehead atoms. The maximum Gasteiger partial charge on any atom is 0.232 e. The Morgan fingerprint density at radius 2 is 1.84 bits per heavy atom. The molecular weight excluding hydrogens is 342 g/mol. The van der Waals surface area contributed by atoms with E-state index in [0.29, 0.717) is 36.9 Å². The summed E-state index contributed by atoms with van der Waals surface area (Å²) >= 11 is 0. The molecule has 0 radical (unpaired) electrons. The average Bonchev–Trinajstić information content (AvgIpc) is 2.61. The lowest BCUT2D eigenvalue weighted by molar-refractivity contribution is 0.171. The number of benzene rings is 1. The Labute approximate surface area is 147 Å². The van der Waals surface area contributed by atoms with E-state index in [1.54, 1.807) is 12.1 Å². The number of hydrogen-bond acceptors (Lipinski definition) is 6. The van der Waals surface area contributed by atoms with Gasteiger partial charge in [0.15, 0.2) is 11.5 Å². The highest BCUT2D eigenvalue weighted by molar-refractivity contribution is 7.92. The minimum atomic E-state index is -3.32. The minimum Gasteiger partial charge on any atom is -0.486 e. The Bertz CT molecular complexity index is 822. The molecule has 1 aliphatic rings. The van der Waals surface area contributed by atoms with E-state index in [1.807, 2.05) is 25.1 Å². The summed E-state index contributed by atoms with van der Waals surface area (Å²) in [6.07, 6.45) is 2.95. The maximum absolute atomic E-state index is 11.9. The first-order chi connectivity index (χ1) is 12.1. The fourth-order valence-corrected chi connectivity index (χ4v) is 3.61. The van der Waals surface area contributed by atoms with Crippen molar-refractivity contribution in [1.29, 1.82) is 0 Å². The number of sulfonamides is 1. The van der Waals surface area contributed by atoms with Crippen LogP contribution in [0, 0.1) is 0 Å². The summed E-state index contributed by atoms with van der Waals surface area (Å²) in [6, 6.07) is 8.95. The molecule has 1 aromatic carbocycles. The van der Waals surface area contributed by atoms with Gasteiger partial charge in [0, 0.05) is 11.8 Å². The van der Waals surface area contributed by atoms with Crippen LogP contribution in [-0.4, -0.2) is 32.4 Å². The summed E-state index contributed by atoms with van der Waals surface area (Å²) in [7, 11) is -3.32. The number of nitrogens with one attached hydrogen (secondary N) is 2. The highest BCUT2D eigenvalue weighted by Crippen LogP contribution is 2.33. The zero-order chi connectivity index (χ0) is 17.7. The molecule has 0 fully saturated rings. The topological polar surface area (TPSA) is 89.6 Å². The number of hydrogen-bond donors (Lipinski definition) is 2. The summed E-state index contributed by atoms with van der Waals surface area (Å²) in [5.41, 5.74) is 1.26. The largest absolute Gasteiger partial charge is 0.486 e. The van der Waals surface area contributed by atoms with Crippen molar-refractivity contribution >= 4 is 27.2 Å². The third-order valence-electron chi connectivity index (χ3n) is 3.62. The summed E-state index contributed by atoms with van der Waals surface area (Å²) < 4.78 is 37.3. The first-order valence-corrected chi connectivity index (χ1v) is 9.84. The second kappa shape index (κ2) is 7.60. The lowest BCUT2D eigenvalue weighted by Crippen LogP contribution is -2.16. The van der Waals surface area contributed by atoms with E-state index in [2.05, 4.69) is 15.0 Å². The fraction of sp³-hybridized carbons (Fsp3) is 0.353. The Morgan fingerprint density at radius 1 is 1.08 bits per heavy atom. The standard InChI is InChI=1S/C17H21N3O4S/c1-2-3-10-25(21,22)20-14-5-7-17(18-12-14)19-13-4-6-15-16(11-13)24-9-8-23-15/h4-7,11-12,20H,2-3,8-10H2,1H3,(H,18,19). The third-order valence-corrected chi connectivity index (χ3v) is 4.99. The van der Waals surface area contributed by atoms with E-state index in [-0.39, 0.29) is 5.75 Å². The van der Waals surface area contributed by atoms with Gasteiger partial charge in [-0.3, -0.25) is 4.72 Å². The molecular formula is C17H21N3O4S. The van der Waals surface area contributed by atoms with E-state index in [9.17, 15) is 8.42 Å². The van der Waals surface area contributed by atoms with Crippen LogP contribution in [0.2, 0.25) is 0 Å². The predicted octanol–water partition coefficient (Wildman–Crippen LogP) is 3.14. The summed E-state index contributed by atoms with van der Waals surface area (Å²) in [5.74, 6) is 2.13. The number of unbranched alkanes of at least 4 members (excludes halogenated alkanes) is 1. The molecule has 134 valence electrons. The average molecular weight is 363 g/mol. The van der Waals surface area contributed by atoms with Gasteiger partial charge in [0.2, 0.25) is 10.0 Å². The third kappa shape index (κ3) is 4.76. The number of rotatable bonds is 7. The lowest BCUT2D eigenvalue weighted by Gasteiger charge is -2.19. The van der Waals surface area contributed by atoms with Gasteiger partial charge in [-0.15, -0.1) is 0 Å². The predicted molar refractivity (Wildman–Crippen MR) is 97.3 cm³/mol. The van der Waals surface area contributed by atoms with Gasteiger partial charge < -0.3 is 14.8 Å². The van der Waals surface area contributed by atoms with Gasteiger partial charge in [0.05, 0.1) is 17.6 Å². The molecule has 1 aromatic heterocycles. The van der Waals surface area contributed by atoms with Gasteiger partial charge >= 0.3 is 0 Å². The van der Waals surface area contributed by atoms with Gasteiger partial charge in [0.1, 0.15) is 19.0 Å². The Kier molecular flexibility index (Phi) is 5.28. The summed E-state index contributed by atoms with van der Waals surface area (Å²) in [4.78, 5) is 4.24. The normalized spacial score (nSPS) is 13.3. The summed E-state index contributed by atoms with van der Waals surface area (Å²) in [6.45, 7) is 3.04. The zero-order valence-corrected chi connectivity index (χ0v) is 14.8. The summed E-state index contributed by atoms with van der Waals surface area (Å²) in [5, 5.41) is 3.15. The van der Waals surface area contributed by atoms with Crippen molar-refractivity contribution in [3.05, 3.63) is 36.5 Å². The molecule has 2 N–H and O–H groups in total. The van der Waals surface area contributed by atoms with Gasteiger partial charge in [-0.1, -0.05) is 13.3 Å². The zero-order valence-electron chi connectivity index (χ0n) is 14.0. The number of nitrogens with zero attached hydrogens (tertiary/aromatic N) is 1. The molecule has 2 aromatic rings. The van der Waals surface area contributed by atoms with Gasteiger partial charge in [-0.05, 0) is 30.7 Å². The van der Waals surface area contributed by atoms with Crippen LogP contribution in [-0.2, 0) is 10.0 Å². The van der Waals surface area contributed by atoms with E-state index >= 15 is 0 Å². The molecule has 0 amide bonds. The van der Waals surface area contributed by atoms with Crippen LogP contribution in [0.5, 0.6) is 11.5 Å². The molecule has 1 aliphatic heterocycles. The SMILES string of the molecule is CCCCS(=O)(=O)Nc1ccc(Nc2ccc3c(c2)OCCO3)nc1. The number of fused-ring (bicyclic) bond motifs is 1. The first-order valence-electron chi connectivity index (χ1n) is 8.19. The van der Waals surface area contributed by atoms with Crippen LogP contribution >= 0.6 is 0 Å². The highest BCUT2D eigenvalue weighted by Gasteiger charge is 2.12. The molecule has 0 saturated heterocycles. The molecule has 7 nitrogen and oxygen atoms in total. The van der Waals surface area contributed by atoms with E-state index in [1.165, 1.54) is 6.20 Å². The van der Waals surface area contributed by atoms with Crippen molar-refractivity contribution in [3.63, 3.8) is 0 Å². The molecule has 0 aliphatic carbocycles. The first kappa shape index (κ1) is 17.3. The number of pyridine rings is 1. The van der Waals surface area contributed by atoms with E-state index in [0.717, 1.165) is 17.9 Å².